The minimum Gasteiger partial charge on any atom is -0.344 e. The van der Waals surface area contributed by atoms with Gasteiger partial charge in [0.2, 0.25) is 5.91 Å². The molecule has 1 aliphatic rings. The lowest BCUT2D eigenvalue weighted by Gasteiger charge is -2.35. The molecule has 8 heteroatoms. The number of aromatic nitrogens is 1. The van der Waals surface area contributed by atoms with Crippen molar-refractivity contribution in [2.75, 3.05) is 18.4 Å². The molecule has 0 radical (unpaired) electrons. The van der Waals surface area contributed by atoms with E-state index < -0.39 is 17.6 Å². The monoisotopic (exact) mass is 449 g/mol. The van der Waals surface area contributed by atoms with Gasteiger partial charge in [-0.3, -0.25) is 9.59 Å². The van der Waals surface area contributed by atoms with E-state index >= 15 is 0 Å². The van der Waals surface area contributed by atoms with E-state index in [0.29, 0.717) is 18.7 Å². The largest absolute Gasteiger partial charge is 0.416 e. The second-order valence-electron chi connectivity index (χ2n) is 9.42. The zero-order valence-corrected chi connectivity index (χ0v) is 19.1. The zero-order chi connectivity index (χ0) is 23.8. The third-order valence-corrected chi connectivity index (χ3v) is 6.03. The van der Waals surface area contributed by atoms with Gasteiger partial charge in [0.05, 0.1) is 11.1 Å². The zero-order valence-electron chi connectivity index (χ0n) is 19.1. The number of carbonyl (C=O) groups is 2. The Bertz CT molecular complexity index is 1010. The topological polar surface area (TPSA) is 54.3 Å². The van der Waals surface area contributed by atoms with Gasteiger partial charge in [-0.05, 0) is 44.0 Å². The van der Waals surface area contributed by atoms with Crippen molar-refractivity contribution in [1.29, 1.82) is 0 Å². The summed E-state index contributed by atoms with van der Waals surface area (Å²) in [4.78, 5) is 26.6. The maximum Gasteiger partial charge on any atom is 0.416 e. The summed E-state index contributed by atoms with van der Waals surface area (Å²) in [5, 5.41) is 2.62. The summed E-state index contributed by atoms with van der Waals surface area (Å²) in [7, 11) is 0. The van der Waals surface area contributed by atoms with E-state index in [9.17, 15) is 22.8 Å². The SMILES string of the molecule is CC(=O)N1CCC(n2c(C(C)(C)C)cc(C(=O)Nc3cccc(C(F)(F)F)c3)c2C)CC1. The number of alkyl halides is 3. The van der Waals surface area contributed by atoms with Gasteiger partial charge in [0.1, 0.15) is 0 Å². The van der Waals surface area contributed by atoms with Crippen molar-refractivity contribution < 1.29 is 22.8 Å². The maximum absolute atomic E-state index is 13.1. The average molecular weight is 450 g/mol. The third kappa shape index (κ3) is 5.00. The number of nitrogens with one attached hydrogen (secondary N) is 1. The molecule has 0 unspecified atom stereocenters. The molecule has 2 heterocycles. The molecule has 0 spiro atoms. The molecule has 1 aromatic carbocycles. The number of halogens is 3. The minimum absolute atomic E-state index is 0.0601. The minimum atomic E-state index is -4.48. The van der Waals surface area contributed by atoms with Crippen LogP contribution in [0.5, 0.6) is 0 Å². The van der Waals surface area contributed by atoms with Crippen LogP contribution in [0, 0.1) is 6.92 Å². The fourth-order valence-electron chi connectivity index (χ4n) is 4.31. The molecular formula is C24H30F3N3O2. The van der Waals surface area contributed by atoms with Crippen molar-refractivity contribution in [3.05, 3.63) is 52.8 Å². The molecule has 174 valence electrons. The van der Waals surface area contributed by atoms with Gasteiger partial charge in [-0.2, -0.15) is 13.2 Å². The third-order valence-electron chi connectivity index (χ3n) is 6.03. The van der Waals surface area contributed by atoms with Crippen molar-refractivity contribution in [3.63, 3.8) is 0 Å². The highest BCUT2D eigenvalue weighted by atomic mass is 19.4. The lowest BCUT2D eigenvalue weighted by Crippen LogP contribution is -2.38. The van der Waals surface area contributed by atoms with Crippen LogP contribution >= 0.6 is 0 Å². The Balaban J connectivity index is 1.91. The van der Waals surface area contributed by atoms with E-state index in [4.69, 9.17) is 0 Å². The highest BCUT2D eigenvalue weighted by Crippen LogP contribution is 2.35. The molecule has 1 aliphatic heterocycles. The highest BCUT2D eigenvalue weighted by Gasteiger charge is 2.32. The fourth-order valence-corrected chi connectivity index (χ4v) is 4.31. The molecule has 32 heavy (non-hydrogen) atoms. The van der Waals surface area contributed by atoms with Gasteiger partial charge < -0.3 is 14.8 Å². The second kappa shape index (κ2) is 8.64. The molecule has 1 aromatic heterocycles. The quantitative estimate of drug-likeness (QED) is 0.668. The Morgan fingerprint density at radius 1 is 1.06 bits per heavy atom. The van der Waals surface area contributed by atoms with E-state index in [1.165, 1.54) is 12.1 Å². The van der Waals surface area contributed by atoms with E-state index in [1.807, 2.05) is 17.9 Å². The number of nitrogens with zero attached hydrogens (tertiary/aromatic N) is 2. The molecule has 1 N–H and O–H groups in total. The van der Waals surface area contributed by atoms with E-state index in [-0.39, 0.29) is 23.1 Å². The molecular weight excluding hydrogens is 419 g/mol. The number of benzene rings is 1. The number of piperidine rings is 1. The van der Waals surface area contributed by atoms with Crippen molar-refractivity contribution >= 4 is 17.5 Å². The molecule has 0 bridgehead atoms. The van der Waals surface area contributed by atoms with Crippen molar-refractivity contribution in [1.82, 2.24) is 9.47 Å². The summed E-state index contributed by atoms with van der Waals surface area (Å²) < 4.78 is 41.2. The number of rotatable bonds is 3. The summed E-state index contributed by atoms with van der Waals surface area (Å²) in [6.07, 6.45) is -2.91. The molecule has 2 aromatic rings. The Labute approximate surface area is 186 Å². The number of amides is 2. The van der Waals surface area contributed by atoms with Crippen LogP contribution in [0.2, 0.25) is 0 Å². The van der Waals surface area contributed by atoms with Crippen LogP contribution in [-0.4, -0.2) is 34.4 Å². The number of anilines is 1. The standard InChI is InChI=1S/C24H30F3N3O2/c1-15-20(22(32)28-18-8-6-7-17(13-18)24(25,26)27)14-21(23(3,4)5)30(15)19-9-11-29(12-10-19)16(2)31/h6-8,13-14,19H,9-12H2,1-5H3,(H,28,32). The summed E-state index contributed by atoms with van der Waals surface area (Å²) in [5.41, 5.74) is 1.27. The molecule has 0 saturated carbocycles. The van der Waals surface area contributed by atoms with Gasteiger partial charge in [0.25, 0.3) is 5.91 Å². The summed E-state index contributed by atoms with van der Waals surface area (Å²) >= 11 is 0. The number of carbonyl (C=O) groups excluding carboxylic acids is 2. The number of hydrogen-bond donors (Lipinski definition) is 1. The van der Waals surface area contributed by atoms with E-state index in [2.05, 4.69) is 30.7 Å². The predicted molar refractivity (Wildman–Crippen MR) is 118 cm³/mol. The van der Waals surface area contributed by atoms with Crippen molar-refractivity contribution in [3.8, 4) is 0 Å². The normalized spacial score (nSPS) is 15.7. The maximum atomic E-state index is 13.1. The fraction of sp³-hybridized carbons (Fsp3) is 0.500. The molecule has 3 rings (SSSR count). The van der Waals surface area contributed by atoms with Gasteiger partial charge >= 0.3 is 6.18 Å². The van der Waals surface area contributed by atoms with Gasteiger partial charge in [-0.1, -0.05) is 26.8 Å². The molecule has 0 aliphatic carbocycles. The van der Waals surface area contributed by atoms with Gasteiger partial charge in [-0.15, -0.1) is 0 Å². The van der Waals surface area contributed by atoms with Crippen LogP contribution in [0.1, 0.15) is 73.9 Å². The Kier molecular flexibility index (Phi) is 6.45. The highest BCUT2D eigenvalue weighted by molar-refractivity contribution is 6.05. The van der Waals surface area contributed by atoms with Crippen LogP contribution in [0.25, 0.3) is 0 Å². The van der Waals surface area contributed by atoms with Crippen molar-refractivity contribution in [2.45, 2.75) is 65.1 Å². The smallest absolute Gasteiger partial charge is 0.344 e. The number of hydrogen-bond acceptors (Lipinski definition) is 2. The summed E-state index contributed by atoms with van der Waals surface area (Å²) in [5.74, 6) is -0.378. The first-order chi connectivity index (χ1) is 14.8. The van der Waals surface area contributed by atoms with Gasteiger partial charge in [0.15, 0.2) is 0 Å². The molecule has 2 amide bonds. The molecule has 1 saturated heterocycles. The first kappa shape index (κ1) is 23.9. The van der Waals surface area contributed by atoms with Crippen LogP contribution in [0.15, 0.2) is 30.3 Å². The molecule has 0 atom stereocenters. The van der Waals surface area contributed by atoms with Gasteiger partial charge in [0, 0.05) is 48.5 Å². The Morgan fingerprint density at radius 2 is 1.69 bits per heavy atom. The van der Waals surface area contributed by atoms with Crippen LogP contribution in [0.4, 0.5) is 18.9 Å². The van der Waals surface area contributed by atoms with Gasteiger partial charge in [-0.25, -0.2) is 0 Å². The summed E-state index contributed by atoms with van der Waals surface area (Å²) in [6.45, 7) is 11.0. The van der Waals surface area contributed by atoms with E-state index in [1.54, 1.807) is 6.92 Å². The Hall–Kier alpha value is -2.77. The van der Waals surface area contributed by atoms with Crippen molar-refractivity contribution in [2.24, 2.45) is 0 Å². The first-order valence-corrected chi connectivity index (χ1v) is 10.8. The summed E-state index contributed by atoms with van der Waals surface area (Å²) in [6, 6.07) is 6.63. The van der Waals surface area contributed by atoms with Crippen LogP contribution < -0.4 is 5.32 Å². The molecule has 5 nitrogen and oxygen atoms in total. The lowest BCUT2D eigenvalue weighted by atomic mass is 9.91. The predicted octanol–water partition coefficient (Wildman–Crippen LogP) is 5.55. The Morgan fingerprint density at radius 3 is 2.22 bits per heavy atom. The second-order valence-corrected chi connectivity index (χ2v) is 9.42. The molecule has 1 fully saturated rings. The number of likely N-dealkylation sites (tertiary alicyclic amines) is 1. The lowest BCUT2D eigenvalue weighted by molar-refractivity contribution is -0.137. The first-order valence-electron chi connectivity index (χ1n) is 10.8. The van der Waals surface area contributed by atoms with Crippen LogP contribution in [-0.2, 0) is 16.4 Å². The average Bonchev–Trinajstić information content (AvgIpc) is 3.05. The van der Waals surface area contributed by atoms with Crippen LogP contribution in [0.3, 0.4) is 0 Å². The van der Waals surface area contributed by atoms with E-state index in [0.717, 1.165) is 36.4 Å².